The van der Waals surface area contributed by atoms with Crippen LogP contribution in [0, 0.1) is 0 Å². The van der Waals surface area contributed by atoms with Gasteiger partial charge in [-0.05, 0) is 50.1 Å². The van der Waals surface area contributed by atoms with Crippen molar-refractivity contribution >= 4 is 16.9 Å². The van der Waals surface area contributed by atoms with Gasteiger partial charge in [-0.15, -0.1) is 0 Å². The molecule has 0 unspecified atom stereocenters. The zero-order chi connectivity index (χ0) is 21.5. The number of rotatable bonds is 9. The Balaban J connectivity index is 1.91. The number of ether oxygens (including phenoxy) is 2. The summed E-state index contributed by atoms with van der Waals surface area (Å²) >= 11 is 0. The second kappa shape index (κ2) is 9.96. The highest BCUT2D eigenvalue weighted by Crippen LogP contribution is 2.29. The third-order valence-corrected chi connectivity index (χ3v) is 4.63. The number of hydrogen-bond donors (Lipinski definition) is 0. The molecule has 0 bridgehead atoms. The van der Waals surface area contributed by atoms with Gasteiger partial charge in [0.2, 0.25) is 0 Å². The number of carbonyl (C=O) groups is 1. The van der Waals surface area contributed by atoms with Crippen LogP contribution in [-0.4, -0.2) is 30.6 Å². The van der Waals surface area contributed by atoms with Gasteiger partial charge in [0.25, 0.3) is 5.91 Å². The van der Waals surface area contributed by atoms with E-state index in [9.17, 15) is 9.59 Å². The lowest BCUT2D eigenvalue weighted by atomic mass is 10.1. The van der Waals surface area contributed by atoms with Gasteiger partial charge in [-0.1, -0.05) is 31.2 Å². The summed E-state index contributed by atoms with van der Waals surface area (Å²) in [5, 5.41) is 0.719. The van der Waals surface area contributed by atoms with Gasteiger partial charge in [0.15, 0.2) is 11.5 Å². The van der Waals surface area contributed by atoms with Gasteiger partial charge in [0, 0.05) is 18.5 Å². The van der Waals surface area contributed by atoms with Crippen LogP contribution in [0.4, 0.5) is 0 Å². The molecule has 0 aliphatic carbocycles. The van der Waals surface area contributed by atoms with Crippen LogP contribution >= 0.6 is 0 Å². The Hall–Kier alpha value is -3.28. The molecule has 1 heterocycles. The molecule has 6 nitrogen and oxygen atoms in total. The van der Waals surface area contributed by atoms with E-state index in [0.717, 1.165) is 17.4 Å². The van der Waals surface area contributed by atoms with E-state index in [-0.39, 0.29) is 11.5 Å². The van der Waals surface area contributed by atoms with Gasteiger partial charge in [0.1, 0.15) is 11.1 Å². The number of carbonyl (C=O) groups excluding carboxylic acids is 1. The van der Waals surface area contributed by atoms with Crippen LogP contribution in [0.25, 0.3) is 11.0 Å². The summed E-state index contributed by atoms with van der Waals surface area (Å²) in [6, 6.07) is 14.4. The highest BCUT2D eigenvalue weighted by Gasteiger charge is 2.21. The maximum atomic E-state index is 13.2. The molecule has 0 fully saturated rings. The summed E-state index contributed by atoms with van der Waals surface area (Å²) in [6.45, 7) is 7.74. The summed E-state index contributed by atoms with van der Waals surface area (Å²) in [6.07, 6.45) is 0.764. The van der Waals surface area contributed by atoms with Crippen LogP contribution in [0.3, 0.4) is 0 Å². The Morgan fingerprint density at radius 3 is 2.43 bits per heavy atom. The molecule has 3 rings (SSSR count). The fourth-order valence-corrected chi connectivity index (χ4v) is 3.32. The monoisotopic (exact) mass is 409 g/mol. The van der Waals surface area contributed by atoms with E-state index >= 15 is 0 Å². The van der Waals surface area contributed by atoms with E-state index < -0.39 is 5.63 Å². The van der Waals surface area contributed by atoms with Crippen LogP contribution < -0.4 is 15.1 Å². The molecule has 6 heteroatoms. The molecule has 30 heavy (non-hydrogen) atoms. The molecular formula is C24H27NO5. The van der Waals surface area contributed by atoms with Crippen LogP contribution in [0.15, 0.2) is 57.7 Å². The first-order chi connectivity index (χ1) is 14.6. The largest absolute Gasteiger partial charge is 0.490 e. The lowest BCUT2D eigenvalue weighted by Crippen LogP contribution is -2.34. The fourth-order valence-electron chi connectivity index (χ4n) is 3.32. The predicted molar refractivity (Wildman–Crippen MR) is 116 cm³/mol. The number of hydrogen-bond acceptors (Lipinski definition) is 5. The quantitative estimate of drug-likeness (QED) is 0.482. The molecule has 158 valence electrons. The first-order valence-corrected chi connectivity index (χ1v) is 10.3. The first-order valence-electron chi connectivity index (χ1n) is 10.3. The number of amides is 1. The fraction of sp³-hybridized carbons (Fsp3) is 0.333. The van der Waals surface area contributed by atoms with Crippen molar-refractivity contribution in [3.63, 3.8) is 0 Å². The number of nitrogens with zero attached hydrogens (tertiary/aromatic N) is 1. The molecule has 1 amide bonds. The van der Waals surface area contributed by atoms with E-state index in [1.807, 2.05) is 51.1 Å². The smallest absolute Gasteiger partial charge is 0.349 e. The Bertz CT molecular complexity index is 1070. The molecule has 0 aliphatic heterocycles. The van der Waals surface area contributed by atoms with Crippen molar-refractivity contribution in [2.45, 2.75) is 33.7 Å². The average Bonchev–Trinajstić information content (AvgIpc) is 2.74. The lowest BCUT2D eigenvalue weighted by Gasteiger charge is -2.22. The molecule has 2 aromatic carbocycles. The van der Waals surface area contributed by atoms with Crippen molar-refractivity contribution in [2.24, 2.45) is 0 Å². The molecule has 0 saturated heterocycles. The van der Waals surface area contributed by atoms with Crippen molar-refractivity contribution in [3.05, 3.63) is 70.1 Å². The number of para-hydroxylation sites is 1. The molecule has 0 saturated carbocycles. The molecule has 0 spiro atoms. The average molecular weight is 409 g/mol. The van der Waals surface area contributed by atoms with E-state index in [1.54, 1.807) is 23.1 Å². The van der Waals surface area contributed by atoms with Crippen molar-refractivity contribution < 1.29 is 18.7 Å². The summed E-state index contributed by atoms with van der Waals surface area (Å²) in [5.74, 6) is 0.973. The minimum atomic E-state index is -0.624. The third-order valence-electron chi connectivity index (χ3n) is 4.63. The minimum Gasteiger partial charge on any atom is -0.490 e. The van der Waals surface area contributed by atoms with Crippen LogP contribution in [0.1, 0.15) is 43.1 Å². The van der Waals surface area contributed by atoms with Crippen LogP contribution in [0.2, 0.25) is 0 Å². The van der Waals surface area contributed by atoms with Gasteiger partial charge in [-0.3, -0.25) is 4.79 Å². The Kier molecular flexibility index (Phi) is 7.12. The van der Waals surface area contributed by atoms with Crippen LogP contribution in [-0.2, 0) is 6.54 Å². The van der Waals surface area contributed by atoms with Crippen molar-refractivity contribution in [1.29, 1.82) is 0 Å². The first kappa shape index (κ1) is 21.4. The summed E-state index contributed by atoms with van der Waals surface area (Å²) < 4.78 is 16.6. The zero-order valence-corrected chi connectivity index (χ0v) is 17.6. The molecule has 0 radical (unpaired) electrons. The highest BCUT2D eigenvalue weighted by atomic mass is 16.5. The molecule has 3 aromatic rings. The maximum Gasteiger partial charge on any atom is 0.349 e. The van der Waals surface area contributed by atoms with Gasteiger partial charge >= 0.3 is 5.63 Å². The molecule has 0 atom stereocenters. The molecule has 0 aliphatic rings. The maximum absolute atomic E-state index is 13.2. The summed E-state index contributed by atoms with van der Waals surface area (Å²) in [4.78, 5) is 27.3. The van der Waals surface area contributed by atoms with E-state index in [0.29, 0.717) is 43.4 Å². The Labute approximate surface area is 176 Å². The van der Waals surface area contributed by atoms with Crippen LogP contribution in [0.5, 0.6) is 11.5 Å². The van der Waals surface area contributed by atoms with E-state index in [2.05, 4.69) is 0 Å². The Morgan fingerprint density at radius 2 is 1.70 bits per heavy atom. The Morgan fingerprint density at radius 1 is 0.967 bits per heavy atom. The second-order valence-electron chi connectivity index (χ2n) is 6.86. The van der Waals surface area contributed by atoms with Gasteiger partial charge in [-0.25, -0.2) is 4.79 Å². The number of benzene rings is 2. The van der Waals surface area contributed by atoms with Crippen molar-refractivity contribution in [2.75, 3.05) is 19.8 Å². The number of fused-ring (bicyclic) bond motifs is 1. The summed E-state index contributed by atoms with van der Waals surface area (Å²) in [7, 11) is 0. The van der Waals surface area contributed by atoms with E-state index in [4.69, 9.17) is 13.9 Å². The van der Waals surface area contributed by atoms with Gasteiger partial charge < -0.3 is 18.8 Å². The molecule has 1 aromatic heterocycles. The second-order valence-corrected chi connectivity index (χ2v) is 6.86. The van der Waals surface area contributed by atoms with Gasteiger partial charge in [0.05, 0.1) is 13.2 Å². The van der Waals surface area contributed by atoms with Gasteiger partial charge in [-0.2, -0.15) is 0 Å². The summed E-state index contributed by atoms with van der Waals surface area (Å²) in [5.41, 5.74) is 0.780. The topological polar surface area (TPSA) is 69.0 Å². The van der Waals surface area contributed by atoms with E-state index in [1.165, 1.54) is 0 Å². The van der Waals surface area contributed by atoms with Crippen molar-refractivity contribution in [3.8, 4) is 11.5 Å². The highest BCUT2D eigenvalue weighted by molar-refractivity contribution is 5.96. The molecular weight excluding hydrogens is 382 g/mol. The lowest BCUT2D eigenvalue weighted by molar-refractivity contribution is 0.0739. The van der Waals surface area contributed by atoms with Crippen molar-refractivity contribution in [1.82, 2.24) is 4.90 Å². The molecule has 0 N–H and O–H groups in total. The standard InChI is InChI=1S/C24H27NO5/c1-4-13-25(16-17-11-12-21(28-5-2)22(14-17)29-6-3)23(26)19-15-18-9-7-8-10-20(18)30-24(19)27/h7-12,14-15H,4-6,13,16H2,1-3H3. The normalized spacial score (nSPS) is 10.8. The third kappa shape index (κ3) is 4.82. The minimum absolute atomic E-state index is 0.0399. The zero-order valence-electron chi connectivity index (χ0n) is 17.6. The predicted octanol–water partition coefficient (Wildman–Crippen LogP) is 4.64. The SMILES string of the molecule is CCCN(Cc1ccc(OCC)c(OCC)c1)C(=O)c1cc2ccccc2oc1=O.